The lowest BCUT2D eigenvalue weighted by Crippen LogP contribution is -2.59. The Morgan fingerprint density at radius 1 is 1.33 bits per heavy atom. The monoisotopic (exact) mass is 290 g/mol. The zero-order valence-electron chi connectivity index (χ0n) is 12.1. The molecular weight excluding hydrogens is 271 g/mol. The summed E-state index contributed by atoms with van der Waals surface area (Å²) < 4.78 is 13.1. The molecule has 3 rings (SSSR count). The van der Waals surface area contributed by atoms with E-state index >= 15 is 0 Å². The summed E-state index contributed by atoms with van der Waals surface area (Å²) in [7, 11) is 0. The summed E-state index contributed by atoms with van der Waals surface area (Å²) >= 11 is 0. The van der Waals surface area contributed by atoms with E-state index in [0.717, 1.165) is 24.0 Å². The maximum Gasteiger partial charge on any atom is 0.245 e. The first-order valence-corrected chi connectivity index (χ1v) is 7.38. The Hall–Kier alpha value is -1.91. The van der Waals surface area contributed by atoms with Crippen molar-refractivity contribution in [2.24, 2.45) is 5.92 Å². The molecule has 1 N–H and O–H groups in total. The summed E-state index contributed by atoms with van der Waals surface area (Å²) in [4.78, 5) is 25.7. The van der Waals surface area contributed by atoms with Crippen molar-refractivity contribution in [3.05, 3.63) is 35.1 Å². The minimum absolute atomic E-state index is 0.0249. The highest BCUT2D eigenvalue weighted by Crippen LogP contribution is 2.34. The first-order chi connectivity index (χ1) is 10.0. The predicted molar refractivity (Wildman–Crippen MR) is 76.1 cm³/mol. The third-order valence-corrected chi connectivity index (χ3v) is 4.28. The van der Waals surface area contributed by atoms with Gasteiger partial charge in [-0.1, -0.05) is 6.07 Å². The maximum absolute atomic E-state index is 13.1. The fraction of sp³-hybridized carbons (Fsp3) is 0.500. The van der Waals surface area contributed by atoms with Crippen molar-refractivity contribution in [1.29, 1.82) is 0 Å². The van der Waals surface area contributed by atoms with Crippen LogP contribution < -0.4 is 5.32 Å². The van der Waals surface area contributed by atoms with Crippen LogP contribution >= 0.6 is 0 Å². The quantitative estimate of drug-likeness (QED) is 0.911. The first-order valence-electron chi connectivity index (χ1n) is 7.38. The number of rotatable bonds is 4. The van der Waals surface area contributed by atoms with Gasteiger partial charge in [0.1, 0.15) is 11.9 Å². The average Bonchev–Trinajstić information content (AvgIpc) is 3.25. The normalized spacial score (nSPS) is 22.4. The minimum atomic E-state index is -0.333. The smallest absolute Gasteiger partial charge is 0.245 e. The molecule has 4 nitrogen and oxygen atoms in total. The van der Waals surface area contributed by atoms with E-state index in [1.807, 2.05) is 6.92 Å². The van der Waals surface area contributed by atoms with Crippen molar-refractivity contribution < 1.29 is 14.0 Å². The van der Waals surface area contributed by atoms with Crippen LogP contribution in [0.5, 0.6) is 0 Å². The molecule has 1 saturated heterocycles. The Bertz CT molecular complexity index is 584. The van der Waals surface area contributed by atoms with Gasteiger partial charge in [0.15, 0.2) is 0 Å². The van der Waals surface area contributed by atoms with Gasteiger partial charge in [-0.2, -0.15) is 0 Å². The second kappa shape index (κ2) is 5.47. The molecule has 1 aromatic carbocycles. The maximum atomic E-state index is 13.1. The molecule has 0 radical (unpaired) electrons. The molecular formula is C16H19FN2O2. The van der Waals surface area contributed by atoms with Crippen LogP contribution in [0.25, 0.3) is 0 Å². The molecule has 1 atom stereocenters. The zero-order chi connectivity index (χ0) is 15.0. The molecule has 2 aliphatic rings. The fourth-order valence-electron chi connectivity index (χ4n) is 2.86. The molecule has 1 unspecified atom stereocenters. The molecule has 112 valence electrons. The highest BCUT2D eigenvalue weighted by atomic mass is 19.1. The number of benzene rings is 1. The van der Waals surface area contributed by atoms with Gasteiger partial charge in [0.05, 0.1) is 6.54 Å². The van der Waals surface area contributed by atoms with Crippen molar-refractivity contribution in [2.75, 3.05) is 13.1 Å². The topological polar surface area (TPSA) is 49.4 Å². The van der Waals surface area contributed by atoms with Gasteiger partial charge in [0.25, 0.3) is 0 Å². The van der Waals surface area contributed by atoms with Crippen LogP contribution in [0, 0.1) is 18.7 Å². The number of hydrogen-bond acceptors (Lipinski definition) is 2. The van der Waals surface area contributed by atoms with Crippen LogP contribution in [-0.4, -0.2) is 35.8 Å². The van der Waals surface area contributed by atoms with Crippen LogP contribution in [0.3, 0.4) is 0 Å². The Morgan fingerprint density at radius 2 is 2.10 bits per heavy atom. The highest BCUT2D eigenvalue weighted by Gasteiger charge is 2.42. The number of aryl methyl sites for hydroxylation is 1. The standard InChI is InChI=1S/C16H19FN2O2/c1-10-8-13(17)5-4-11(10)6-7-19-9-14(20)18-15(16(19)21)12-2-3-12/h4-5,8,12,15H,2-3,6-7,9H2,1H3,(H,18,20). The van der Waals surface area contributed by atoms with Crippen LogP contribution in [0.15, 0.2) is 18.2 Å². The van der Waals surface area contributed by atoms with E-state index in [-0.39, 0.29) is 30.2 Å². The third-order valence-electron chi connectivity index (χ3n) is 4.28. The molecule has 1 aromatic rings. The molecule has 21 heavy (non-hydrogen) atoms. The highest BCUT2D eigenvalue weighted by molar-refractivity contribution is 5.95. The summed E-state index contributed by atoms with van der Waals surface area (Å²) in [5.41, 5.74) is 1.89. The molecule has 5 heteroatoms. The molecule has 1 aliphatic carbocycles. The number of nitrogens with one attached hydrogen (secondary N) is 1. The summed E-state index contributed by atoms with van der Waals surface area (Å²) in [6.07, 6.45) is 2.67. The van der Waals surface area contributed by atoms with E-state index in [1.165, 1.54) is 12.1 Å². The Balaban J connectivity index is 1.65. The summed E-state index contributed by atoms with van der Waals surface area (Å²) in [5, 5.41) is 2.80. The lowest BCUT2D eigenvalue weighted by atomic mass is 10.0. The van der Waals surface area contributed by atoms with E-state index in [4.69, 9.17) is 0 Å². The number of amides is 2. The number of nitrogens with zero attached hydrogens (tertiary/aromatic N) is 1. The molecule has 2 amide bonds. The van der Waals surface area contributed by atoms with Crippen LogP contribution in [0.1, 0.15) is 24.0 Å². The van der Waals surface area contributed by atoms with Crippen molar-refractivity contribution in [1.82, 2.24) is 10.2 Å². The molecule has 1 saturated carbocycles. The van der Waals surface area contributed by atoms with E-state index in [9.17, 15) is 14.0 Å². The van der Waals surface area contributed by atoms with Gasteiger partial charge in [-0.25, -0.2) is 4.39 Å². The SMILES string of the molecule is Cc1cc(F)ccc1CCN1CC(=O)NC(C2CC2)C1=O. The third kappa shape index (κ3) is 3.06. The van der Waals surface area contributed by atoms with Gasteiger partial charge in [-0.15, -0.1) is 0 Å². The van der Waals surface area contributed by atoms with Gasteiger partial charge in [-0.05, 0) is 55.4 Å². The van der Waals surface area contributed by atoms with E-state index in [1.54, 1.807) is 11.0 Å². The first kappa shape index (κ1) is 14.0. The second-order valence-electron chi connectivity index (χ2n) is 5.96. The second-order valence-corrected chi connectivity index (χ2v) is 5.96. The van der Waals surface area contributed by atoms with Gasteiger partial charge in [0, 0.05) is 6.54 Å². The number of halogens is 1. The Morgan fingerprint density at radius 3 is 2.76 bits per heavy atom. The van der Waals surface area contributed by atoms with Crippen molar-refractivity contribution in [3.63, 3.8) is 0 Å². The van der Waals surface area contributed by atoms with Gasteiger partial charge < -0.3 is 10.2 Å². The molecule has 1 heterocycles. The number of carbonyl (C=O) groups is 2. The molecule has 2 fully saturated rings. The minimum Gasteiger partial charge on any atom is -0.342 e. The largest absolute Gasteiger partial charge is 0.342 e. The van der Waals surface area contributed by atoms with Crippen molar-refractivity contribution in [2.45, 2.75) is 32.2 Å². The van der Waals surface area contributed by atoms with Crippen molar-refractivity contribution >= 4 is 11.8 Å². The zero-order valence-corrected chi connectivity index (χ0v) is 12.1. The number of carbonyl (C=O) groups excluding carboxylic acids is 2. The van der Waals surface area contributed by atoms with Crippen LogP contribution in [-0.2, 0) is 16.0 Å². The number of piperazine rings is 1. The Kier molecular flexibility index (Phi) is 3.66. The fourth-order valence-corrected chi connectivity index (χ4v) is 2.86. The van der Waals surface area contributed by atoms with Crippen molar-refractivity contribution in [3.8, 4) is 0 Å². The Labute approximate surface area is 123 Å². The van der Waals surface area contributed by atoms with Crippen LogP contribution in [0.2, 0.25) is 0 Å². The molecule has 1 aliphatic heterocycles. The summed E-state index contributed by atoms with van der Waals surface area (Å²) in [6, 6.07) is 4.34. The van der Waals surface area contributed by atoms with Gasteiger partial charge in [-0.3, -0.25) is 9.59 Å². The molecule has 0 bridgehead atoms. The molecule has 0 spiro atoms. The number of hydrogen-bond donors (Lipinski definition) is 1. The van der Waals surface area contributed by atoms with Crippen LogP contribution in [0.4, 0.5) is 4.39 Å². The molecule has 0 aromatic heterocycles. The lowest BCUT2D eigenvalue weighted by molar-refractivity contribution is -0.144. The summed E-state index contributed by atoms with van der Waals surface area (Å²) in [5.74, 6) is 0.00877. The van der Waals surface area contributed by atoms with Gasteiger partial charge in [0.2, 0.25) is 11.8 Å². The summed E-state index contributed by atoms with van der Waals surface area (Å²) in [6.45, 7) is 2.49. The van der Waals surface area contributed by atoms with E-state index in [0.29, 0.717) is 18.9 Å². The predicted octanol–water partition coefficient (Wildman–Crippen LogP) is 1.41. The lowest BCUT2D eigenvalue weighted by Gasteiger charge is -2.32. The van der Waals surface area contributed by atoms with E-state index in [2.05, 4.69) is 5.32 Å². The average molecular weight is 290 g/mol. The van der Waals surface area contributed by atoms with E-state index < -0.39 is 0 Å². The van der Waals surface area contributed by atoms with Gasteiger partial charge >= 0.3 is 0 Å².